The standard InChI is InChI=1S/C12H8N2O3/c13-12-14-9(6-16-12)8-5-7-3-1-2-4-10(7)17-11(8)15/h1-6H,(H2,13,14). The fraction of sp³-hybridized carbons (Fsp3) is 0. The Morgan fingerprint density at radius 1 is 1.24 bits per heavy atom. The Bertz CT molecular complexity index is 743. The molecule has 1 aromatic carbocycles. The van der Waals surface area contributed by atoms with Gasteiger partial charge in [-0.05, 0) is 12.1 Å². The maximum atomic E-state index is 11.8. The van der Waals surface area contributed by atoms with Crippen molar-refractivity contribution in [1.82, 2.24) is 4.98 Å². The van der Waals surface area contributed by atoms with Crippen molar-refractivity contribution >= 4 is 17.0 Å². The number of nitrogens with zero attached hydrogens (tertiary/aromatic N) is 1. The second kappa shape index (κ2) is 3.48. The van der Waals surface area contributed by atoms with Crippen LogP contribution in [-0.2, 0) is 0 Å². The lowest BCUT2D eigenvalue weighted by Crippen LogP contribution is -2.02. The predicted molar refractivity (Wildman–Crippen MR) is 62.4 cm³/mol. The Kier molecular flexibility index (Phi) is 1.98. The average Bonchev–Trinajstić information content (AvgIpc) is 2.75. The molecule has 0 saturated heterocycles. The van der Waals surface area contributed by atoms with Gasteiger partial charge in [-0.25, -0.2) is 4.79 Å². The van der Waals surface area contributed by atoms with Gasteiger partial charge in [0.05, 0.1) is 5.56 Å². The second-order valence-corrected chi connectivity index (χ2v) is 3.56. The van der Waals surface area contributed by atoms with E-state index in [1.807, 2.05) is 12.1 Å². The Morgan fingerprint density at radius 2 is 2.06 bits per heavy atom. The number of aromatic nitrogens is 1. The van der Waals surface area contributed by atoms with Crippen LogP contribution in [0.5, 0.6) is 0 Å². The molecule has 0 amide bonds. The molecule has 17 heavy (non-hydrogen) atoms. The molecule has 0 aliphatic carbocycles. The van der Waals surface area contributed by atoms with Crippen molar-refractivity contribution in [3.8, 4) is 11.3 Å². The van der Waals surface area contributed by atoms with Crippen LogP contribution in [0.15, 0.2) is 50.2 Å². The number of para-hydroxylation sites is 1. The van der Waals surface area contributed by atoms with E-state index >= 15 is 0 Å². The van der Waals surface area contributed by atoms with Crippen LogP contribution < -0.4 is 11.4 Å². The minimum absolute atomic E-state index is 0.0209. The number of oxazole rings is 1. The lowest BCUT2D eigenvalue weighted by atomic mass is 10.1. The first-order chi connectivity index (χ1) is 8.24. The van der Waals surface area contributed by atoms with Gasteiger partial charge in [0.2, 0.25) is 0 Å². The van der Waals surface area contributed by atoms with Crippen LogP contribution in [0.4, 0.5) is 6.01 Å². The number of benzene rings is 1. The zero-order valence-corrected chi connectivity index (χ0v) is 8.71. The Morgan fingerprint density at radius 3 is 2.82 bits per heavy atom. The van der Waals surface area contributed by atoms with Crippen molar-refractivity contribution in [2.75, 3.05) is 5.73 Å². The molecule has 2 N–H and O–H groups in total. The molecular formula is C12H8N2O3. The topological polar surface area (TPSA) is 82.3 Å². The Labute approximate surface area is 95.5 Å². The van der Waals surface area contributed by atoms with Crippen LogP contribution in [0.2, 0.25) is 0 Å². The summed E-state index contributed by atoms with van der Waals surface area (Å²) in [7, 11) is 0. The molecule has 0 bridgehead atoms. The molecule has 0 aliphatic heterocycles. The lowest BCUT2D eigenvalue weighted by molar-refractivity contribution is 0.562. The molecule has 3 aromatic rings. The highest BCUT2D eigenvalue weighted by molar-refractivity contribution is 5.80. The lowest BCUT2D eigenvalue weighted by Gasteiger charge is -1.98. The molecule has 0 fully saturated rings. The smallest absolute Gasteiger partial charge is 0.345 e. The first-order valence-corrected chi connectivity index (χ1v) is 4.98. The molecule has 0 saturated carbocycles. The molecule has 5 nitrogen and oxygen atoms in total. The first kappa shape index (κ1) is 9.65. The maximum Gasteiger partial charge on any atom is 0.345 e. The summed E-state index contributed by atoms with van der Waals surface area (Å²) >= 11 is 0. The summed E-state index contributed by atoms with van der Waals surface area (Å²) in [4.78, 5) is 15.7. The molecule has 2 aromatic heterocycles. The van der Waals surface area contributed by atoms with Gasteiger partial charge < -0.3 is 14.6 Å². The van der Waals surface area contributed by atoms with Crippen molar-refractivity contribution in [3.05, 3.63) is 47.0 Å². The molecular weight excluding hydrogens is 220 g/mol. The van der Waals surface area contributed by atoms with E-state index in [4.69, 9.17) is 14.6 Å². The SMILES string of the molecule is Nc1nc(-c2cc3ccccc3oc2=O)co1. The summed E-state index contributed by atoms with van der Waals surface area (Å²) in [6.07, 6.45) is 1.33. The van der Waals surface area contributed by atoms with Crippen molar-refractivity contribution < 1.29 is 8.83 Å². The van der Waals surface area contributed by atoms with Crippen LogP contribution in [0.3, 0.4) is 0 Å². The fourth-order valence-electron chi connectivity index (χ4n) is 1.65. The number of rotatable bonds is 1. The van der Waals surface area contributed by atoms with Crippen LogP contribution in [0.1, 0.15) is 0 Å². The zero-order chi connectivity index (χ0) is 11.8. The van der Waals surface area contributed by atoms with Gasteiger partial charge in [0.1, 0.15) is 17.5 Å². The summed E-state index contributed by atoms with van der Waals surface area (Å²) in [5, 5.41) is 0.823. The highest BCUT2D eigenvalue weighted by atomic mass is 16.4. The highest BCUT2D eigenvalue weighted by Crippen LogP contribution is 2.20. The minimum atomic E-state index is -0.461. The number of nitrogens with two attached hydrogens (primary N) is 1. The van der Waals surface area contributed by atoms with E-state index in [9.17, 15) is 4.79 Å². The minimum Gasteiger partial charge on any atom is -0.432 e. The number of anilines is 1. The van der Waals surface area contributed by atoms with E-state index in [1.165, 1.54) is 6.26 Å². The third kappa shape index (κ3) is 1.57. The van der Waals surface area contributed by atoms with Gasteiger partial charge >= 0.3 is 5.63 Å². The highest BCUT2D eigenvalue weighted by Gasteiger charge is 2.11. The molecule has 84 valence electrons. The molecule has 0 radical (unpaired) electrons. The number of hydrogen-bond donors (Lipinski definition) is 1. The number of nitrogen functional groups attached to an aromatic ring is 1. The summed E-state index contributed by atoms with van der Waals surface area (Å²) in [6, 6.07) is 8.98. The summed E-state index contributed by atoms with van der Waals surface area (Å²) < 4.78 is 10.1. The van der Waals surface area contributed by atoms with E-state index in [-0.39, 0.29) is 6.01 Å². The van der Waals surface area contributed by atoms with Gasteiger partial charge in [0, 0.05) is 5.39 Å². The van der Waals surface area contributed by atoms with Gasteiger partial charge in [0.15, 0.2) is 0 Å². The van der Waals surface area contributed by atoms with Crippen molar-refractivity contribution in [2.45, 2.75) is 0 Å². The third-order valence-corrected chi connectivity index (χ3v) is 2.44. The quantitative estimate of drug-likeness (QED) is 0.644. The van der Waals surface area contributed by atoms with Crippen LogP contribution in [0, 0.1) is 0 Å². The fourth-order valence-corrected chi connectivity index (χ4v) is 1.65. The molecule has 0 atom stereocenters. The monoisotopic (exact) mass is 228 g/mol. The van der Waals surface area contributed by atoms with Gasteiger partial charge in [-0.2, -0.15) is 4.98 Å². The van der Waals surface area contributed by atoms with E-state index < -0.39 is 5.63 Å². The molecule has 0 spiro atoms. The second-order valence-electron chi connectivity index (χ2n) is 3.56. The van der Waals surface area contributed by atoms with E-state index in [2.05, 4.69) is 4.98 Å². The summed E-state index contributed by atoms with van der Waals surface area (Å²) in [5.74, 6) is 0. The summed E-state index contributed by atoms with van der Waals surface area (Å²) in [6.45, 7) is 0. The summed E-state index contributed by atoms with van der Waals surface area (Å²) in [5.41, 5.74) is 6.16. The molecule has 0 aliphatic rings. The Balaban J connectivity index is 2.30. The van der Waals surface area contributed by atoms with Crippen LogP contribution in [-0.4, -0.2) is 4.98 Å². The van der Waals surface area contributed by atoms with Gasteiger partial charge in [0.25, 0.3) is 6.01 Å². The molecule has 3 rings (SSSR count). The third-order valence-electron chi connectivity index (χ3n) is 2.44. The maximum absolute atomic E-state index is 11.8. The van der Waals surface area contributed by atoms with Crippen molar-refractivity contribution in [2.24, 2.45) is 0 Å². The largest absolute Gasteiger partial charge is 0.432 e. The van der Waals surface area contributed by atoms with E-state index in [1.54, 1.807) is 18.2 Å². The molecule has 5 heteroatoms. The molecule has 2 heterocycles. The predicted octanol–water partition coefficient (Wildman–Crippen LogP) is 2.03. The van der Waals surface area contributed by atoms with Crippen molar-refractivity contribution in [1.29, 1.82) is 0 Å². The van der Waals surface area contributed by atoms with E-state index in [0.29, 0.717) is 16.8 Å². The van der Waals surface area contributed by atoms with Crippen LogP contribution in [0.25, 0.3) is 22.2 Å². The number of fused-ring (bicyclic) bond motifs is 1. The van der Waals surface area contributed by atoms with Gasteiger partial charge in [-0.1, -0.05) is 18.2 Å². The van der Waals surface area contributed by atoms with Gasteiger partial charge in [-0.15, -0.1) is 0 Å². The average molecular weight is 228 g/mol. The molecule has 0 unspecified atom stereocenters. The Hall–Kier alpha value is -2.56. The first-order valence-electron chi connectivity index (χ1n) is 4.98. The normalized spacial score (nSPS) is 10.8. The zero-order valence-electron chi connectivity index (χ0n) is 8.71. The van der Waals surface area contributed by atoms with Gasteiger partial charge in [-0.3, -0.25) is 0 Å². The van der Waals surface area contributed by atoms with Crippen molar-refractivity contribution in [3.63, 3.8) is 0 Å². The van der Waals surface area contributed by atoms with Crippen LogP contribution >= 0.6 is 0 Å². The van der Waals surface area contributed by atoms with E-state index in [0.717, 1.165) is 5.39 Å². The number of hydrogen-bond acceptors (Lipinski definition) is 5.